The van der Waals surface area contributed by atoms with Crippen LogP contribution in [0.4, 0.5) is 0 Å². The molecule has 0 N–H and O–H groups in total. The minimum absolute atomic E-state index is 0. The Bertz CT molecular complexity index is 1280. The van der Waals surface area contributed by atoms with Crippen LogP contribution >= 0.6 is 45.2 Å². The summed E-state index contributed by atoms with van der Waals surface area (Å²) in [5.41, 5.74) is 2.81. The predicted molar refractivity (Wildman–Crippen MR) is 219 cm³/mol. The molecule has 0 saturated heterocycles. The minimum atomic E-state index is -0.750. The summed E-state index contributed by atoms with van der Waals surface area (Å²) in [6, 6.07) is 8.27. The van der Waals surface area contributed by atoms with Crippen molar-refractivity contribution in [3.05, 3.63) is 53.7 Å². The Morgan fingerprint density at radius 1 is 0.706 bits per heavy atom. The van der Waals surface area contributed by atoms with Gasteiger partial charge >= 0.3 is 26.2 Å². The van der Waals surface area contributed by atoms with E-state index in [4.69, 9.17) is 0 Å². The molecule has 2 aromatic rings. The fourth-order valence-electron chi connectivity index (χ4n) is 7.97. The Morgan fingerprint density at radius 2 is 1.10 bits per heavy atom. The van der Waals surface area contributed by atoms with Crippen molar-refractivity contribution in [3.8, 4) is 11.5 Å². The fourth-order valence-corrected chi connectivity index (χ4v) is 9.93. The van der Waals surface area contributed by atoms with Crippen LogP contribution < -0.4 is 20.4 Å². The van der Waals surface area contributed by atoms with Gasteiger partial charge in [0.1, 0.15) is 0 Å². The van der Waals surface area contributed by atoms with Crippen molar-refractivity contribution in [2.75, 3.05) is 27.2 Å². The third-order valence-electron chi connectivity index (χ3n) is 9.46. The Labute approximate surface area is 358 Å². The predicted octanol–water partition coefficient (Wildman–Crippen LogP) is 7.87. The third-order valence-corrected chi connectivity index (χ3v) is 10.9. The summed E-state index contributed by atoms with van der Waals surface area (Å²) >= 11 is 4.40. The van der Waals surface area contributed by atoms with Gasteiger partial charge in [-0.15, -0.1) is 17.0 Å². The molecule has 0 aliphatic heterocycles. The van der Waals surface area contributed by atoms with E-state index >= 15 is 0 Å². The van der Waals surface area contributed by atoms with Crippen LogP contribution in [-0.4, -0.2) is 48.2 Å². The molecule has 4 bridgehead atoms. The van der Waals surface area contributed by atoms with Gasteiger partial charge in [-0.25, -0.2) is 0 Å². The van der Waals surface area contributed by atoms with E-state index in [0.717, 1.165) is 54.7 Å². The summed E-state index contributed by atoms with van der Waals surface area (Å²) in [6.45, 7) is 19.4. The monoisotopic (exact) mass is 1010 g/mol. The zero-order valence-corrected chi connectivity index (χ0v) is 40.3. The molecule has 0 aromatic heterocycles. The van der Waals surface area contributed by atoms with Crippen LogP contribution in [0.3, 0.4) is 0 Å². The molecule has 6 rings (SSSR count). The van der Waals surface area contributed by atoms with E-state index in [1.54, 1.807) is 41.5 Å². The first kappa shape index (κ1) is 49.2. The summed E-state index contributed by atoms with van der Waals surface area (Å²) in [5, 5.41) is 46.5. The molecule has 0 unspecified atom stereocenters. The first-order valence-corrected chi connectivity index (χ1v) is 20.9. The Balaban J connectivity index is 0.000000688. The van der Waals surface area contributed by atoms with Gasteiger partial charge in [-0.3, -0.25) is 0 Å². The second kappa shape index (κ2) is 22.1. The average molecular weight is 1010 g/mol. The first-order valence-electron chi connectivity index (χ1n) is 18.8. The zero-order chi connectivity index (χ0) is 38.0. The number of nitrogens with zero attached hydrogens (tertiary/aromatic N) is 2. The SMILES string of the molecule is CC(C)(C)[O-].CC(C)(C)[O-].CCCCC.Cc1cc(CN(C)CCN(C)Cc2cc(I)cc(I)c2[O-])c([O-])c(C23CC4CC(CC(C4)C2)C3)c1.[Zr+4]. The number of halogens is 2. The molecule has 4 aliphatic carbocycles. The minimum Gasteiger partial charge on any atom is -0.872 e. The topological polar surface area (TPSA) is 98.7 Å². The Kier molecular flexibility index (Phi) is 21.3. The van der Waals surface area contributed by atoms with Gasteiger partial charge in [-0.05, 0) is 157 Å². The molecule has 6 nitrogen and oxygen atoms in total. The van der Waals surface area contributed by atoms with Crippen molar-refractivity contribution < 1.29 is 46.6 Å². The van der Waals surface area contributed by atoms with Crippen LogP contribution in [0.1, 0.15) is 135 Å². The second-order valence-electron chi connectivity index (χ2n) is 17.4. The van der Waals surface area contributed by atoms with Gasteiger partial charge in [-0.2, -0.15) is 0 Å². The smallest absolute Gasteiger partial charge is 0.872 e. The molecule has 2 aromatic carbocycles. The number of rotatable bonds is 10. The number of aryl methyl sites for hydroxylation is 1. The number of benzene rings is 2. The maximum absolute atomic E-state index is 13.8. The van der Waals surface area contributed by atoms with Crippen LogP contribution in [0.2, 0.25) is 0 Å². The molecule has 0 amide bonds. The first-order chi connectivity index (χ1) is 23.0. The van der Waals surface area contributed by atoms with Gasteiger partial charge in [0.15, 0.2) is 0 Å². The van der Waals surface area contributed by atoms with Gasteiger partial charge in [0.05, 0.1) is 0 Å². The van der Waals surface area contributed by atoms with Gasteiger partial charge in [-0.1, -0.05) is 98.1 Å². The summed E-state index contributed by atoms with van der Waals surface area (Å²) in [6.07, 6.45) is 12.0. The van der Waals surface area contributed by atoms with Crippen molar-refractivity contribution in [2.45, 2.75) is 150 Å². The van der Waals surface area contributed by atoms with Gasteiger partial charge < -0.3 is 30.2 Å². The van der Waals surface area contributed by atoms with Crippen LogP contribution in [0.5, 0.6) is 11.5 Å². The maximum Gasteiger partial charge on any atom is 4.00 e. The molecule has 0 heterocycles. The van der Waals surface area contributed by atoms with Crippen molar-refractivity contribution in [2.24, 2.45) is 17.8 Å². The van der Waals surface area contributed by atoms with E-state index in [2.05, 4.69) is 102 Å². The standard InChI is InChI=1S/C29H38I2N2O2.C5H12.2C4H9O.Zr/c1-18-6-22(16-32(2)4-5-33(3)17-23-11-24(30)12-26(31)28(23)35)27(34)25(7-18)29-13-19-8-20(14-29)10-21(9-19)15-29;1-3-5-4-2;2*1-4(2,3)5;/h6-7,11-12,19-21,34-35H,4-5,8-10,13-17H2,1-3H3;3-5H2,1-2H3;2*1-3H3;/q;;2*-1;+4/p-2. The summed E-state index contributed by atoms with van der Waals surface area (Å²) in [5.74, 6) is 2.97. The average Bonchev–Trinajstić information content (AvgIpc) is 2.94. The van der Waals surface area contributed by atoms with Crippen LogP contribution in [0, 0.1) is 31.8 Å². The molecular formula is C42H66I2N2O4Zr. The quantitative estimate of drug-likeness (QED) is 0.225. The molecular weight excluding hydrogens is 942 g/mol. The molecule has 4 fully saturated rings. The summed E-state index contributed by atoms with van der Waals surface area (Å²) in [4.78, 5) is 4.46. The molecule has 0 spiro atoms. The van der Waals surface area contributed by atoms with Crippen LogP contribution in [0.15, 0.2) is 24.3 Å². The van der Waals surface area contributed by atoms with Crippen LogP contribution in [0.25, 0.3) is 0 Å². The second-order valence-corrected chi connectivity index (χ2v) is 19.8. The Morgan fingerprint density at radius 3 is 1.47 bits per heavy atom. The number of likely N-dealkylation sites (N-methyl/N-ethyl adjacent to an activating group) is 2. The maximum atomic E-state index is 13.8. The third kappa shape index (κ3) is 18.1. The molecule has 286 valence electrons. The largest absolute Gasteiger partial charge is 4.00 e. The van der Waals surface area contributed by atoms with Crippen molar-refractivity contribution in [3.63, 3.8) is 0 Å². The van der Waals surface area contributed by atoms with Crippen LogP contribution in [-0.2, 0) is 44.7 Å². The van der Waals surface area contributed by atoms with Gasteiger partial charge in [0, 0.05) is 33.3 Å². The van der Waals surface area contributed by atoms with Gasteiger partial charge in [0.2, 0.25) is 0 Å². The van der Waals surface area contributed by atoms with Crippen molar-refractivity contribution >= 4 is 45.2 Å². The number of hydrogen-bond donors (Lipinski definition) is 0. The molecule has 4 saturated carbocycles. The number of hydrogen-bond acceptors (Lipinski definition) is 6. The summed E-state index contributed by atoms with van der Waals surface area (Å²) < 4.78 is 1.89. The summed E-state index contributed by atoms with van der Waals surface area (Å²) in [7, 11) is 4.17. The molecule has 0 atom stereocenters. The van der Waals surface area contributed by atoms with Crippen molar-refractivity contribution in [1.82, 2.24) is 9.80 Å². The van der Waals surface area contributed by atoms with Crippen molar-refractivity contribution in [1.29, 1.82) is 0 Å². The Hall–Kier alpha value is 0.223. The number of unbranched alkanes of at least 4 members (excludes halogenated alkanes) is 2. The van der Waals surface area contributed by atoms with E-state index in [1.165, 1.54) is 63.4 Å². The normalized spacial score (nSPS) is 21.9. The van der Waals surface area contributed by atoms with Gasteiger partial charge in [0.25, 0.3) is 0 Å². The molecule has 51 heavy (non-hydrogen) atoms. The fraction of sp³-hybridized carbons (Fsp3) is 0.714. The molecule has 0 radical (unpaired) electrons. The van der Waals surface area contributed by atoms with E-state index < -0.39 is 11.2 Å². The zero-order valence-electron chi connectivity index (χ0n) is 33.5. The van der Waals surface area contributed by atoms with E-state index in [1.807, 2.05) is 12.1 Å². The molecule has 9 heteroatoms. The van der Waals surface area contributed by atoms with E-state index in [9.17, 15) is 20.4 Å². The van der Waals surface area contributed by atoms with E-state index in [0.29, 0.717) is 18.8 Å². The van der Waals surface area contributed by atoms with E-state index in [-0.39, 0.29) is 37.4 Å². The molecule has 4 aliphatic rings.